The second-order valence-corrected chi connectivity index (χ2v) is 6.10. The van der Waals surface area contributed by atoms with Gasteiger partial charge in [-0.3, -0.25) is 4.79 Å². The third-order valence-electron chi connectivity index (χ3n) is 4.14. The predicted molar refractivity (Wildman–Crippen MR) is 99.8 cm³/mol. The molecule has 1 saturated heterocycles. The van der Waals surface area contributed by atoms with Crippen LogP contribution in [-0.4, -0.2) is 31.6 Å². The van der Waals surface area contributed by atoms with E-state index in [-0.39, 0.29) is 12.5 Å². The molecule has 0 unspecified atom stereocenters. The first-order chi connectivity index (χ1) is 12.7. The summed E-state index contributed by atoms with van der Waals surface area (Å²) in [5.74, 6) is -0.437. The molecule has 0 aliphatic carbocycles. The molecule has 1 fully saturated rings. The van der Waals surface area contributed by atoms with Crippen LogP contribution in [0.1, 0.15) is 25.0 Å². The Morgan fingerprint density at radius 2 is 1.88 bits per heavy atom. The number of ether oxygens (including phenoxy) is 1. The van der Waals surface area contributed by atoms with E-state index in [1.54, 1.807) is 12.1 Å². The number of esters is 1. The molecule has 1 N–H and O–H groups in total. The molecule has 1 aromatic heterocycles. The van der Waals surface area contributed by atoms with E-state index in [9.17, 15) is 9.59 Å². The second kappa shape index (κ2) is 8.89. The SMILES string of the molecule is O=C(COC(=O)C=Cc1ccco1)Nc1ccc(N2CCCCC2)cc1. The molecule has 1 aliphatic heterocycles. The van der Waals surface area contributed by atoms with Crippen molar-refractivity contribution in [3.05, 3.63) is 54.5 Å². The number of rotatable bonds is 6. The van der Waals surface area contributed by atoms with Gasteiger partial charge in [0.05, 0.1) is 6.26 Å². The Kier molecular flexibility index (Phi) is 6.09. The van der Waals surface area contributed by atoms with Crippen molar-refractivity contribution in [2.75, 3.05) is 29.9 Å². The van der Waals surface area contributed by atoms with Crippen molar-refractivity contribution in [1.29, 1.82) is 0 Å². The minimum Gasteiger partial charge on any atom is -0.465 e. The van der Waals surface area contributed by atoms with Crippen molar-refractivity contribution in [2.24, 2.45) is 0 Å². The van der Waals surface area contributed by atoms with Gasteiger partial charge in [0, 0.05) is 30.5 Å². The maximum Gasteiger partial charge on any atom is 0.331 e. The molecule has 2 aromatic rings. The highest BCUT2D eigenvalue weighted by molar-refractivity contribution is 5.94. The Morgan fingerprint density at radius 3 is 2.58 bits per heavy atom. The van der Waals surface area contributed by atoms with Gasteiger partial charge in [-0.25, -0.2) is 4.79 Å². The van der Waals surface area contributed by atoms with Gasteiger partial charge in [-0.05, 0) is 61.7 Å². The Hall–Kier alpha value is -3.02. The van der Waals surface area contributed by atoms with Crippen LogP contribution in [-0.2, 0) is 14.3 Å². The van der Waals surface area contributed by atoms with Crippen molar-refractivity contribution >= 4 is 29.3 Å². The molecule has 26 heavy (non-hydrogen) atoms. The van der Waals surface area contributed by atoms with E-state index in [1.807, 2.05) is 24.3 Å². The molecular formula is C20H22N2O4. The molecule has 0 radical (unpaired) electrons. The Morgan fingerprint density at radius 1 is 1.12 bits per heavy atom. The molecule has 6 nitrogen and oxygen atoms in total. The first-order valence-electron chi connectivity index (χ1n) is 8.74. The first kappa shape index (κ1) is 17.8. The number of hydrogen-bond acceptors (Lipinski definition) is 5. The number of nitrogens with zero attached hydrogens (tertiary/aromatic N) is 1. The zero-order valence-electron chi connectivity index (χ0n) is 14.5. The average Bonchev–Trinajstić information content (AvgIpc) is 3.20. The maximum absolute atomic E-state index is 11.9. The number of carbonyl (C=O) groups is 2. The van der Waals surface area contributed by atoms with Gasteiger partial charge in [0.15, 0.2) is 6.61 Å². The van der Waals surface area contributed by atoms with E-state index in [2.05, 4.69) is 10.2 Å². The summed E-state index contributed by atoms with van der Waals surface area (Å²) in [6.07, 6.45) is 7.95. The van der Waals surface area contributed by atoms with E-state index in [0.29, 0.717) is 11.4 Å². The average molecular weight is 354 g/mol. The quantitative estimate of drug-likeness (QED) is 0.635. The smallest absolute Gasteiger partial charge is 0.331 e. The molecule has 6 heteroatoms. The lowest BCUT2D eigenvalue weighted by atomic mass is 10.1. The summed E-state index contributed by atoms with van der Waals surface area (Å²) < 4.78 is 9.97. The number of carbonyl (C=O) groups excluding carboxylic acids is 2. The van der Waals surface area contributed by atoms with Crippen LogP contribution in [0.5, 0.6) is 0 Å². The topological polar surface area (TPSA) is 71.8 Å². The molecular weight excluding hydrogens is 332 g/mol. The molecule has 1 aromatic carbocycles. The molecule has 0 bridgehead atoms. The summed E-state index contributed by atoms with van der Waals surface area (Å²) in [5.41, 5.74) is 1.84. The lowest BCUT2D eigenvalue weighted by Crippen LogP contribution is -2.29. The van der Waals surface area contributed by atoms with Crippen molar-refractivity contribution in [3.8, 4) is 0 Å². The van der Waals surface area contributed by atoms with Crippen LogP contribution in [0.4, 0.5) is 11.4 Å². The highest BCUT2D eigenvalue weighted by Crippen LogP contribution is 2.21. The standard InChI is InChI=1S/C20H22N2O4/c23-19(15-26-20(24)11-10-18-5-4-14-25-18)21-16-6-8-17(9-7-16)22-12-2-1-3-13-22/h4-11,14H,1-3,12-13,15H2,(H,21,23). The van der Waals surface area contributed by atoms with E-state index in [4.69, 9.17) is 9.15 Å². The number of furan rings is 1. The lowest BCUT2D eigenvalue weighted by molar-refractivity contribution is -0.142. The molecule has 0 saturated carbocycles. The molecule has 2 heterocycles. The number of piperidine rings is 1. The Bertz CT molecular complexity index is 745. The lowest BCUT2D eigenvalue weighted by Gasteiger charge is -2.28. The summed E-state index contributed by atoms with van der Waals surface area (Å²) in [6.45, 7) is 1.82. The second-order valence-electron chi connectivity index (χ2n) is 6.10. The number of benzene rings is 1. The molecule has 3 rings (SSSR count). The van der Waals surface area contributed by atoms with Crippen molar-refractivity contribution < 1.29 is 18.7 Å². The number of amides is 1. The summed E-state index contributed by atoms with van der Waals surface area (Å²) in [7, 11) is 0. The van der Waals surface area contributed by atoms with E-state index in [1.165, 1.54) is 37.7 Å². The van der Waals surface area contributed by atoms with Gasteiger partial charge in [0.1, 0.15) is 5.76 Å². The summed E-state index contributed by atoms with van der Waals surface area (Å²) in [6, 6.07) is 11.2. The van der Waals surface area contributed by atoms with Crippen LogP contribution in [0, 0.1) is 0 Å². The normalized spacial score (nSPS) is 14.4. The summed E-state index contributed by atoms with van der Waals surface area (Å²) >= 11 is 0. The number of hydrogen-bond donors (Lipinski definition) is 1. The third kappa shape index (κ3) is 5.24. The van der Waals surface area contributed by atoms with Crippen LogP contribution in [0.2, 0.25) is 0 Å². The molecule has 1 amide bonds. The van der Waals surface area contributed by atoms with Gasteiger partial charge in [-0.15, -0.1) is 0 Å². The molecule has 136 valence electrons. The predicted octanol–water partition coefficient (Wildman–Crippen LogP) is 3.47. The molecule has 1 aliphatic rings. The van der Waals surface area contributed by atoms with Gasteiger partial charge in [0.2, 0.25) is 0 Å². The zero-order valence-corrected chi connectivity index (χ0v) is 14.5. The molecule has 0 spiro atoms. The maximum atomic E-state index is 11.9. The Balaban J connectivity index is 1.43. The van der Waals surface area contributed by atoms with Crippen LogP contribution in [0.25, 0.3) is 6.08 Å². The monoisotopic (exact) mass is 354 g/mol. The van der Waals surface area contributed by atoms with Crippen molar-refractivity contribution in [1.82, 2.24) is 0 Å². The van der Waals surface area contributed by atoms with E-state index in [0.717, 1.165) is 18.8 Å². The zero-order chi connectivity index (χ0) is 18.2. The third-order valence-corrected chi connectivity index (χ3v) is 4.14. The van der Waals surface area contributed by atoms with Crippen molar-refractivity contribution in [3.63, 3.8) is 0 Å². The fourth-order valence-corrected chi connectivity index (χ4v) is 2.83. The van der Waals surface area contributed by atoms with Crippen LogP contribution in [0.3, 0.4) is 0 Å². The summed E-state index contributed by atoms with van der Waals surface area (Å²) in [4.78, 5) is 25.8. The van der Waals surface area contributed by atoms with Gasteiger partial charge in [-0.1, -0.05) is 0 Å². The van der Waals surface area contributed by atoms with E-state index < -0.39 is 5.97 Å². The highest BCUT2D eigenvalue weighted by atomic mass is 16.5. The number of nitrogens with one attached hydrogen (secondary N) is 1. The summed E-state index contributed by atoms with van der Waals surface area (Å²) in [5, 5.41) is 2.72. The van der Waals surface area contributed by atoms with Crippen LogP contribution >= 0.6 is 0 Å². The van der Waals surface area contributed by atoms with Gasteiger partial charge >= 0.3 is 5.97 Å². The van der Waals surface area contributed by atoms with Gasteiger partial charge in [0.25, 0.3) is 5.91 Å². The van der Waals surface area contributed by atoms with Gasteiger partial charge < -0.3 is 19.4 Å². The fraction of sp³-hybridized carbons (Fsp3) is 0.300. The molecule has 0 atom stereocenters. The van der Waals surface area contributed by atoms with Crippen LogP contribution in [0.15, 0.2) is 53.2 Å². The first-order valence-corrected chi connectivity index (χ1v) is 8.74. The number of anilines is 2. The van der Waals surface area contributed by atoms with Gasteiger partial charge in [-0.2, -0.15) is 0 Å². The highest BCUT2D eigenvalue weighted by Gasteiger charge is 2.11. The van der Waals surface area contributed by atoms with Crippen LogP contribution < -0.4 is 10.2 Å². The van der Waals surface area contributed by atoms with E-state index >= 15 is 0 Å². The minimum absolute atomic E-state index is 0.338. The minimum atomic E-state index is -0.600. The largest absolute Gasteiger partial charge is 0.465 e. The Labute approximate surface area is 152 Å². The van der Waals surface area contributed by atoms with Crippen molar-refractivity contribution in [2.45, 2.75) is 19.3 Å². The fourth-order valence-electron chi connectivity index (χ4n) is 2.83.